The minimum atomic E-state index is -3.72. The molecule has 1 aliphatic rings. The van der Waals surface area contributed by atoms with E-state index < -0.39 is 10.0 Å². The van der Waals surface area contributed by atoms with E-state index in [1.807, 2.05) is 6.92 Å². The highest BCUT2D eigenvalue weighted by Crippen LogP contribution is 2.23. The van der Waals surface area contributed by atoms with Crippen LogP contribution < -0.4 is 11.1 Å². The zero-order chi connectivity index (χ0) is 14.0. The number of nitrogen functional groups attached to an aromatic ring is 1. The fraction of sp³-hybridized carbons (Fsp3) is 0.417. The van der Waals surface area contributed by atoms with Crippen LogP contribution in [0.3, 0.4) is 0 Å². The molecule has 0 atom stereocenters. The van der Waals surface area contributed by atoms with E-state index in [0.29, 0.717) is 19.5 Å². The predicted molar refractivity (Wildman–Crippen MR) is 72.0 cm³/mol. The third-order valence-corrected chi connectivity index (χ3v) is 4.93. The maximum Gasteiger partial charge on any atom is 0.245 e. The lowest BCUT2D eigenvalue weighted by Crippen LogP contribution is -2.37. The van der Waals surface area contributed by atoms with Crippen LogP contribution in [0.1, 0.15) is 12.0 Å². The fourth-order valence-electron chi connectivity index (χ4n) is 2.03. The van der Waals surface area contributed by atoms with Gasteiger partial charge in [-0.25, -0.2) is 8.42 Å². The number of nitrogens with zero attached hydrogens (tertiary/aromatic N) is 1. The second-order valence-electron chi connectivity index (χ2n) is 4.58. The smallest absolute Gasteiger partial charge is 0.245 e. The largest absolute Gasteiger partial charge is 0.398 e. The van der Waals surface area contributed by atoms with Gasteiger partial charge >= 0.3 is 0 Å². The fourth-order valence-corrected chi connectivity index (χ4v) is 3.56. The van der Waals surface area contributed by atoms with E-state index in [-0.39, 0.29) is 23.0 Å². The van der Waals surface area contributed by atoms with E-state index in [0.717, 1.165) is 5.56 Å². The van der Waals surface area contributed by atoms with Crippen LogP contribution in [-0.4, -0.2) is 38.3 Å². The summed E-state index contributed by atoms with van der Waals surface area (Å²) < 4.78 is 26.1. The van der Waals surface area contributed by atoms with Crippen LogP contribution in [0.5, 0.6) is 0 Å². The van der Waals surface area contributed by atoms with E-state index in [1.54, 1.807) is 12.1 Å². The zero-order valence-corrected chi connectivity index (χ0v) is 11.5. The highest BCUT2D eigenvalue weighted by atomic mass is 32.2. The number of nitrogens with one attached hydrogen (secondary N) is 1. The summed E-state index contributed by atoms with van der Waals surface area (Å²) in [7, 11) is -3.72. The molecule has 3 N–H and O–H groups in total. The molecule has 1 heterocycles. The van der Waals surface area contributed by atoms with Crippen molar-refractivity contribution >= 4 is 21.6 Å². The molecule has 104 valence electrons. The molecule has 2 rings (SSSR count). The van der Waals surface area contributed by atoms with Crippen molar-refractivity contribution in [1.82, 2.24) is 9.62 Å². The lowest BCUT2D eigenvalue weighted by molar-refractivity contribution is -0.120. The van der Waals surface area contributed by atoms with Crippen molar-refractivity contribution in [3.05, 3.63) is 23.8 Å². The lowest BCUT2D eigenvalue weighted by atomic mass is 10.2. The van der Waals surface area contributed by atoms with E-state index in [1.165, 1.54) is 10.4 Å². The molecular weight excluding hydrogens is 266 g/mol. The second-order valence-corrected chi connectivity index (χ2v) is 6.49. The van der Waals surface area contributed by atoms with Crippen LogP contribution in [0.2, 0.25) is 0 Å². The molecule has 1 fully saturated rings. The summed E-state index contributed by atoms with van der Waals surface area (Å²) in [4.78, 5) is 11.5. The van der Waals surface area contributed by atoms with E-state index in [9.17, 15) is 13.2 Å². The molecule has 19 heavy (non-hydrogen) atoms. The van der Waals surface area contributed by atoms with Gasteiger partial charge in [0.25, 0.3) is 0 Å². The van der Waals surface area contributed by atoms with Gasteiger partial charge in [0.1, 0.15) is 4.90 Å². The normalized spacial score (nSPS) is 17.8. The molecule has 1 aromatic rings. The molecule has 7 heteroatoms. The van der Waals surface area contributed by atoms with Crippen LogP contribution in [0.4, 0.5) is 5.69 Å². The second kappa shape index (κ2) is 5.18. The average molecular weight is 283 g/mol. The molecule has 0 bridgehead atoms. The number of anilines is 1. The maximum absolute atomic E-state index is 12.5. The first-order valence-corrected chi connectivity index (χ1v) is 7.48. The SMILES string of the molecule is Cc1ccc(S(=O)(=O)N2CCCNC(=O)C2)c(N)c1. The van der Waals surface area contributed by atoms with Crippen molar-refractivity contribution in [1.29, 1.82) is 0 Å². The Kier molecular flexibility index (Phi) is 3.77. The molecule has 1 aromatic carbocycles. The van der Waals surface area contributed by atoms with Gasteiger partial charge in [-0.05, 0) is 31.0 Å². The van der Waals surface area contributed by atoms with Gasteiger partial charge in [0.15, 0.2) is 0 Å². The summed E-state index contributed by atoms with van der Waals surface area (Å²) in [6, 6.07) is 4.80. The van der Waals surface area contributed by atoms with Crippen LogP contribution in [0.25, 0.3) is 0 Å². The summed E-state index contributed by atoms with van der Waals surface area (Å²) in [6.45, 7) is 2.49. The molecule has 0 spiro atoms. The quantitative estimate of drug-likeness (QED) is 0.752. The molecule has 1 amide bonds. The Morgan fingerprint density at radius 1 is 1.37 bits per heavy atom. The van der Waals surface area contributed by atoms with Crippen molar-refractivity contribution in [3.63, 3.8) is 0 Å². The molecule has 1 aliphatic heterocycles. The summed E-state index contributed by atoms with van der Waals surface area (Å²) in [5.74, 6) is -0.285. The Labute approximate surface area is 112 Å². The van der Waals surface area contributed by atoms with Crippen LogP contribution in [-0.2, 0) is 14.8 Å². The molecule has 6 nitrogen and oxygen atoms in total. The number of carbonyl (C=O) groups excluding carboxylic acids is 1. The third kappa shape index (κ3) is 2.87. The molecule has 0 aliphatic carbocycles. The number of hydrogen-bond donors (Lipinski definition) is 2. The van der Waals surface area contributed by atoms with Gasteiger partial charge in [-0.2, -0.15) is 4.31 Å². The Balaban J connectivity index is 2.38. The average Bonchev–Trinajstić information content (AvgIpc) is 2.53. The van der Waals surface area contributed by atoms with Gasteiger partial charge in [0, 0.05) is 13.1 Å². The van der Waals surface area contributed by atoms with E-state index in [2.05, 4.69) is 5.32 Å². The number of aryl methyl sites for hydroxylation is 1. The lowest BCUT2D eigenvalue weighted by Gasteiger charge is -2.19. The van der Waals surface area contributed by atoms with Crippen LogP contribution in [0.15, 0.2) is 23.1 Å². The minimum absolute atomic E-state index is 0.0628. The Morgan fingerprint density at radius 3 is 2.79 bits per heavy atom. The predicted octanol–water partition coefficient (Wildman–Crippen LogP) is 0.0878. The highest BCUT2D eigenvalue weighted by Gasteiger charge is 2.29. The number of rotatable bonds is 2. The molecule has 0 aromatic heterocycles. The van der Waals surface area contributed by atoms with Gasteiger partial charge < -0.3 is 11.1 Å². The first kappa shape index (κ1) is 13.8. The number of nitrogens with two attached hydrogens (primary N) is 1. The van der Waals surface area contributed by atoms with Gasteiger partial charge in [-0.3, -0.25) is 4.79 Å². The molecule has 0 radical (unpaired) electrons. The first-order valence-electron chi connectivity index (χ1n) is 6.04. The number of hydrogen-bond acceptors (Lipinski definition) is 4. The van der Waals surface area contributed by atoms with E-state index in [4.69, 9.17) is 5.73 Å². The Morgan fingerprint density at radius 2 is 2.11 bits per heavy atom. The minimum Gasteiger partial charge on any atom is -0.398 e. The molecule has 0 saturated carbocycles. The monoisotopic (exact) mass is 283 g/mol. The van der Waals surface area contributed by atoms with Crippen molar-refractivity contribution < 1.29 is 13.2 Å². The van der Waals surface area contributed by atoms with Crippen LogP contribution >= 0.6 is 0 Å². The van der Waals surface area contributed by atoms with Crippen molar-refractivity contribution in [2.24, 2.45) is 0 Å². The number of sulfonamides is 1. The standard InChI is InChI=1S/C12H17N3O3S/c1-9-3-4-11(10(13)7-9)19(17,18)15-6-2-5-14-12(16)8-15/h3-4,7H,2,5-6,8,13H2,1H3,(H,14,16). The topological polar surface area (TPSA) is 92.5 Å². The zero-order valence-electron chi connectivity index (χ0n) is 10.7. The van der Waals surface area contributed by atoms with Gasteiger partial charge in [0.2, 0.25) is 15.9 Å². The molecule has 1 saturated heterocycles. The first-order chi connectivity index (χ1) is 8.91. The summed E-state index contributed by atoms with van der Waals surface area (Å²) >= 11 is 0. The maximum atomic E-state index is 12.5. The van der Waals surface area contributed by atoms with Gasteiger partial charge in [-0.15, -0.1) is 0 Å². The summed E-state index contributed by atoms with van der Waals surface area (Å²) in [5, 5.41) is 2.65. The highest BCUT2D eigenvalue weighted by molar-refractivity contribution is 7.89. The van der Waals surface area contributed by atoms with Crippen LogP contribution in [0, 0.1) is 6.92 Å². The van der Waals surface area contributed by atoms with E-state index >= 15 is 0 Å². The van der Waals surface area contributed by atoms with Crippen molar-refractivity contribution in [2.45, 2.75) is 18.2 Å². The number of amides is 1. The third-order valence-electron chi connectivity index (χ3n) is 3.01. The summed E-state index contributed by atoms with van der Waals surface area (Å²) in [5.41, 5.74) is 6.89. The Bertz CT molecular complexity index is 598. The number of carbonyl (C=O) groups is 1. The van der Waals surface area contributed by atoms with Gasteiger partial charge in [0.05, 0.1) is 12.2 Å². The Hall–Kier alpha value is -1.60. The molecular formula is C12H17N3O3S. The number of benzene rings is 1. The van der Waals surface area contributed by atoms with Gasteiger partial charge in [-0.1, -0.05) is 6.07 Å². The van der Waals surface area contributed by atoms with Crippen molar-refractivity contribution in [2.75, 3.05) is 25.4 Å². The van der Waals surface area contributed by atoms with Crippen molar-refractivity contribution in [3.8, 4) is 0 Å². The molecule has 0 unspecified atom stereocenters. The summed E-state index contributed by atoms with van der Waals surface area (Å²) in [6.07, 6.45) is 0.594.